The molecule has 0 atom stereocenters. The maximum Gasteiger partial charge on any atom is 0.418 e. The van der Waals surface area contributed by atoms with Gasteiger partial charge in [0.05, 0.1) is 33.8 Å². The summed E-state index contributed by atoms with van der Waals surface area (Å²) in [4.78, 5) is 33.3. The van der Waals surface area contributed by atoms with Gasteiger partial charge in [0.2, 0.25) is 11.8 Å². The molecule has 7 nitrogen and oxygen atoms in total. The van der Waals surface area contributed by atoms with Crippen LogP contribution in [0.2, 0.25) is 0 Å². The van der Waals surface area contributed by atoms with Crippen molar-refractivity contribution < 1.29 is 22.8 Å². The van der Waals surface area contributed by atoms with Gasteiger partial charge in [-0.2, -0.15) is 13.2 Å². The van der Waals surface area contributed by atoms with Crippen molar-refractivity contribution in [1.29, 1.82) is 0 Å². The molecule has 1 aliphatic rings. The zero-order chi connectivity index (χ0) is 20.8. The van der Waals surface area contributed by atoms with Crippen molar-refractivity contribution in [3.05, 3.63) is 34.8 Å². The first-order valence-electron chi connectivity index (χ1n) is 8.46. The Morgan fingerprint density at radius 2 is 2.03 bits per heavy atom. The Balaban J connectivity index is 1.40. The van der Waals surface area contributed by atoms with E-state index in [1.165, 1.54) is 28.7 Å². The van der Waals surface area contributed by atoms with Gasteiger partial charge >= 0.3 is 6.18 Å². The largest absolute Gasteiger partial charge is 0.418 e. The van der Waals surface area contributed by atoms with Gasteiger partial charge in [0, 0.05) is 18.5 Å². The van der Waals surface area contributed by atoms with E-state index in [9.17, 15) is 22.8 Å². The first-order valence-corrected chi connectivity index (χ1v) is 10.2. The Kier molecular flexibility index (Phi) is 4.90. The van der Waals surface area contributed by atoms with Gasteiger partial charge in [0.15, 0.2) is 10.3 Å². The number of hydrogen-bond donors (Lipinski definition) is 2. The molecule has 2 aromatic heterocycles. The minimum absolute atomic E-state index is 0.00109. The van der Waals surface area contributed by atoms with Crippen LogP contribution in [0.4, 0.5) is 23.4 Å². The average Bonchev–Trinajstić information content (AvgIpc) is 3.18. The molecule has 3 N–H and O–H groups in total. The van der Waals surface area contributed by atoms with Gasteiger partial charge in [-0.15, -0.1) is 11.3 Å². The maximum atomic E-state index is 13.1. The summed E-state index contributed by atoms with van der Waals surface area (Å²) in [6, 6.07) is 3.97. The van der Waals surface area contributed by atoms with E-state index < -0.39 is 17.6 Å². The number of nitrogens with one attached hydrogen (secondary N) is 1. The molecule has 1 aromatic carbocycles. The van der Waals surface area contributed by atoms with Crippen LogP contribution in [0, 0.1) is 5.92 Å². The topological polar surface area (TPSA) is 101 Å². The second-order valence-corrected chi connectivity index (χ2v) is 8.39. The molecule has 0 radical (unpaired) electrons. The van der Waals surface area contributed by atoms with E-state index in [0.29, 0.717) is 33.7 Å². The summed E-state index contributed by atoms with van der Waals surface area (Å²) in [6.45, 7) is 0.707. The highest BCUT2D eigenvalue weighted by atomic mass is 32.1. The molecule has 152 valence electrons. The van der Waals surface area contributed by atoms with Gasteiger partial charge in [0.1, 0.15) is 0 Å². The molecule has 0 saturated carbocycles. The van der Waals surface area contributed by atoms with Crippen LogP contribution in [0.5, 0.6) is 0 Å². The normalized spacial score (nSPS) is 14.8. The monoisotopic (exact) mass is 441 g/mol. The predicted octanol–water partition coefficient (Wildman–Crippen LogP) is 2.87. The van der Waals surface area contributed by atoms with Crippen LogP contribution >= 0.6 is 22.7 Å². The van der Waals surface area contributed by atoms with Gasteiger partial charge in [-0.1, -0.05) is 17.4 Å². The van der Waals surface area contributed by atoms with E-state index in [1.54, 1.807) is 16.3 Å². The Labute approximate surface area is 170 Å². The zero-order valence-corrected chi connectivity index (χ0v) is 16.3. The molecule has 2 amide bonds. The summed E-state index contributed by atoms with van der Waals surface area (Å²) in [5.74, 6) is -1.07. The molecule has 4 rings (SSSR count). The number of anilines is 2. The number of rotatable bonds is 5. The Hall–Kier alpha value is -2.73. The van der Waals surface area contributed by atoms with E-state index in [4.69, 9.17) is 5.73 Å². The lowest BCUT2D eigenvalue weighted by Gasteiger charge is -2.37. The summed E-state index contributed by atoms with van der Waals surface area (Å²) >= 11 is 2.36. The molecule has 0 spiro atoms. The number of carbonyl (C=O) groups is 2. The standard InChI is InChI=1S/C17H14F3N5O2S2/c18-17(19,20)10-2-1-3-11-13(10)23-16(29-11)25-5-8(6-25)14(27)24-15-22-9(7-28-15)4-12(21)26/h1-3,7-8H,4-6H2,(H2,21,26)(H,22,24,27). The van der Waals surface area contributed by atoms with Crippen molar-refractivity contribution in [2.75, 3.05) is 23.3 Å². The van der Waals surface area contributed by atoms with E-state index in [-0.39, 0.29) is 23.8 Å². The number of fused-ring (bicyclic) bond motifs is 1. The molecule has 0 unspecified atom stereocenters. The van der Waals surface area contributed by atoms with Gasteiger partial charge in [0.25, 0.3) is 0 Å². The Morgan fingerprint density at radius 3 is 2.72 bits per heavy atom. The molecular formula is C17H14F3N5O2S2. The highest BCUT2D eigenvalue weighted by Crippen LogP contribution is 2.39. The molecule has 1 fully saturated rings. The predicted molar refractivity (Wildman–Crippen MR) is 104 cm³/mol. The first kappa shape index (κ1) is 19.6. The SMILES string of the molecule is NC(=O)Cc1csc(NC(=O)C2CN(c3nc4c(C(F)(F)F)cccc4s3)C2)n1. The van der Waals surface area contributed by atoms with Gasteiger partial charge in [-0.05, 0) is 12.1 Å². The van der Waals surface area contributed by atoms with Gasteiger partial charge < -0.3 is 16.0 Å². The second kappa shape index (κ2) is 7.26. The number of nitrogens with zero attached hydrogens (tertiary/aromatic N) is 3. The van der Waals surface area contributed by atoms with E-state index in [2.05, 4.69) is 15.3 Å². The van der Waals surface area contributed by atoms with Gasteiger partial charge in [-0.3, -0.25) is 9.59 Å². The number of hydrogen-bond acceptors (Lipinski definition) is 7. The summed E-state index contributed by atoms with van der Waals surface area (Å²) < 4.78 is 39.9. The number of amides is 2. The molecule has 0 bridgehead atoms. The summed E-state index contributed by atoms with van der Waals surface area (Å²) in [6.07, 6.45) is -4.47. The third-order valence-corrected chi connectivity index (χ3v) is 6.26. The van der Waals surface area contributed by atoms with Crippen molar-refractivity contribution >= 4 is 55.0 Å². The highest BCUT2D eigenvalue weighted by Gasteiger charge is 2.37. The summed E-state index contributed by atoms with van der Waals surface area (Å²) in [5.41, 5.74) is 4.77. The Bertz CT molecular complexity index is 1090. The summed E-state index contributed by atoms with van der Waals surface area (Å²) in [5, 5.41) is 5.17. The van der Waals surface area contributed by atoms with Crippen LogP contribution in [0.25, 0.3) is 10.2 Å². The molecule has 1 saturated heterocycles. The van der Waals surface area contributed by atoms with Crippen molar-refractivity contribution in [3.8, 4) is 0 Å². The number of para-hydroxylation sites is 1. The lowest BCUT2D eigenvalue weighted by atomic mass is 10.0. The van der Waals surface area contributed by atoms with Crippen molar-refractivity contribution in [2.45, 2.75) is 12.6 Å². The lowest BCUT2D eigenvalue weighted by molar-refractivity contribution is -0.136. The molecule has 3 heterocycles. The number of aromatic nitrogens is 2. The van der Waals surface area contributed by atoms with Crippen molar-refractivity contribution in [1.82, 2.24) is 9.97 Å². The fraction of sp³-hybridized carbons (Fsp3) is 0.294. The maximum absolute atomic E-state index is 13.1. The number of thiazole rings is 2. The quantitative estimate of drug-likeness (QED) is 0.634. The third kappa shape index (κ3) is 4.03. The highest BCUT2D eigenvalue weighted by molar-refractivity contribution is 7.22. The fourth-order valence-corrected chi connectivity index (χ4v) is 4.66. The smallest absolute Gasteiger partial charge is 0.369 e. The van der Waals surface area contributed by atoms with E-state index in [1.807, 2.05) is 0 Å². The molecule has 0 aliphatic carbocycles. The summed E-state index contributed by atoms with van der Waals surface area (Å²) in [7, 11) is 0. The number of primary amides is 1. The minimum Gasteiger partial charge on any atom is -0.369 e. The van der Waals surface area contributed by atoms with Crippen LogP contribution in [-0.2, 0) is 22.2 Å². The third-order valence-electron chi connectivity index (χ3n) is 4.37. The molecule has 1 aliphatic heterocycles. The van der Waals surface area contributed by atoms with E-state index in [0.717, 1.165) is 6.07 Å². The molecule has 3 aromatic rings. The number of benzene rings is 1. The second-order valence-electron chi connectivity index (χ2n) is 6.52. The van der Waals surface area contributed by atoms with Crippen LogP contribution in [-0.4, -0.2) is 34.9 Å². The van der Waals surface area contributed by atoms with Crippen LogP contribution < -0.4 is 16.0 Å². The lowest BCUT2D eigenvalue weighted by Crippen LogP contribution is -2.52. The number of halogens is 3. The first-order chi connectivity index (χ1) is 13.7. The van der Waals surface area contributed by atoms with Gasteiger partial charge in [-0.25, -0.2) is 9.97 Å². The Morgan fingerprint density at radius 1 is 1.28 bits per heavy atom. The fourth-order valence-electron chi connectivity index (χ4n) is 2.93. The number of nitrogens with two attached hydrogens (primary N) is 1. The number of carbonyl (C=O) groups excluding carboxylic acids is 2. The molecule has 12 heteroatoms. The zero-order valence-electron chi connectivity index (χ0n) is 14.7. The van der Waals surface area contributed by atoms with Crippen molar-refractivity contribution in [2.24, 2.45) is 11.7 Å². The molecule has 29 heavy (non-hydrogen) atoms. The van der Waals surface area contributed by atoms with Crippen molar-refractivity contribution in [3.63, 3.8) is 0 Å². The number of alkyl halides is 3. The van der Waals surface area contributed by atoms with Crippen LogP contribution in [0.1, 0.15) is 11.3 Å². The molecular weight excluding hydrogens is 427 g/mol. The van der Waals surface area contributed by atoms with E-state index >= 15 is 0 Å². The minimum atomic E-state index is -4.47. The van der Waals surface area contributed by atoms with Crippen LogP contribution in [0.3, 0.4) is 0 Å². The average molecular weight is 441 g/mol. The van der Waals surface area contributed by atoms with Crippen LogP contribution in [0.15, 0.2) is 23.6 Å².